The maximum Gasteiger partial charge on any atom is 0.160 e. The minimum atomic E-state index is -0.931. The third-order valence-corrected chi connectivity index (χ3v) is 3.78. The van der Waals surface area contributed by atoms with Gasteiger partial charge >= 0.3 is 0 Å². The van der Waals surface area contributed by atoms with E-state index in [1.165, 1.54) is 0 Å². The molecule has 21 heavy (non-hydrogen) atoms. The summed E-state index contributed by atoms with van der Waals surface area (Å²) in [4.78, 5) is 0. The van der Waals surface area contributed by atoms with Gasteiger partial charge in [-0.1, -0.05) is 43.6 Å². The van der Waals surface area contributed by atoms with E-state index in [1.807, 2.05) is 24.3 Å². The molecule has 0 aromatic heterocycles. The smallest absolute Gasteiger partial charge is 0.160 e. The summed E-state index contributed by atoms with van der Waals surface area (Å²) < 4.78 is 26.6. The van der Waals surface area contributed by atoms with Gasteiger partial charge in [0, 0.05) is 11.6 Å². The van der Waals surface area contributed by atoms with Crippen LogP contribution in [0.1, 0.15) is 31.9 Å². The van der Waals surface area contributed by atoms with Gasteiger partial charge in [-0.05, 0) is 42.3 Å². The summed E-state index contributed by atoms with van der Waals surface area (Å²) >= 11 is 6.04. The molecule has 0 aliphatic heterocycles. The lowest BCUT2D eigenvalue weighted by Gasteiger charge is -2.17. The van der Waals surface area contributed by atoms with Crippen molar-refractivity contribution in [2.24, 2.45) is 0 Å². The van der Waals surface area contributed by atoms with Gasteiger partial charge in [0.1, 0.15) is 0 Å². The van der Waals surface area contributed by atoms with Crippen molar-refractivity contribution in [3.8, 4) is 11.1 Å². The summed E-state index contributed by atoms with van der Waals surface area (Å²) in [5.41, 5.74) is 2.40. The third-order valence-electron chi connectivity index (χ3n) is 3.47. The van der Waals surface area contributed by atoms with Gasteiger partial charge in [-0.3, -0.25) is 0 Å². The summed E-state index contributed by atoms with van der Waals surface area (Å²) in [7, 11) is 0. The van der Waals surface area contributed by atoms with Gasteiger partial charge in [-0.15, -0.1) is 0 Å². The van der Waals surface area contributed by atoms with Crippen LogP contribution >= 0.6 is 11.6 Å². The molecule has 4 heteroatoms. The lowest BCUT2D eigenvalue weighted by atomic mass is 9.98. The van der Waals surface area contributed by atoms with Gasteiger partial charge < -0.3 is 5.32 Å². The molecule has 1 unspecified atom stereocenters. The van der Waals surface area contributed by atoms with Crippen molar-refractivity contribution < 1.29 is 8.78 Å². The quantitative estimate of drug-likeness (QED) is 0.734. The van der Waals surface area contributed by atoms with E-state index in [2.05, 4.69) is 19.2 Å². The van der Waals surface area contributed by atoms with E-state index >= 15 is 0 Å². The number of rotatable bonds is 5. The number of hydrogen-bond acceptors (Lipinski definition) is 1. The summed E-state index contributed by atoms with van der Waals surface area (Å²) in [5, 5.41) is 3.61. The average molecular weight is 310 g/mol. The molecule has 0 aliphatic carbocycles. The average Bonchev–Trinajstić information content (AvgIpc) is 2.48. The van der Waals surface area contributed by atoms with Crippen LogP contribution in [0.3, 0.4) is 0 Å². The Morgan fingerprint density at radius 2 is 1.81 bits per heavy atom. The van der Waals surface area contributed by atoms with Crippen LogP contribution in [0.25, 0.3) is 11.1 Å². The molecule has 1 atom stereocenters. The van der Waals surface area contributed by atoms with E-state index in [1.54, 1.807) is 0 Å². The topological polar surface area (TPSA) is 12.0 Å². The van der Waals surface area contributed by atoms with Crippen molar-refractivity contribution >= 4 is 11.6 Å². The van der Waals surface area contributed by atoms with Gasteiger partial charge in [-0.2, -0.15) is 0 Å². The van der Waals surface area contributed by atoms with Crippen molar-refractivity contribution in [1.82, 2.24) is 5.32 Å². The zero-order valence-electron chi connectivity index (χ0n) is 12.1. The molecule has 0 saturated heterocycles. The van der Waals surface area contributed by atoms with Gasteiger partial charge in [-0.25, -0.2) is 8.78 Å². The Bertz CT molecular complexity index is 628. The molecule has 0 fully saturated rings. The highest BCUT2D eigenvalue weighted by molar-refractivity contribution is 6.33. The van der Waals surface area contributed by atoms with E-state index in [9.17, 15) is 8.78 Å². The summed E-state index contributed by atoms with van der Waals surface area (Å²) in [6.07, 6.45) is 0.947. The predicted molar refractivity (Wildman–Crippen MR) is 83.5 cm³/mol. The lowest BCUT2D eigenvalue weighted by molar-refractivity contribution is 0.509. The van der Waals surface area contributed by atoms with Crippen LogP contribution in [0.4, 0.5) is 8.78 Å². The van der Waals surface area contributed by atoms with Crippen molar-refractivity contribution in [1.29, 1.82) is 0 Å². The Hall–Kier alpha value is -1.45. The molecule has 2 rings (SSSR count). The first-order valence-corrected chi connectivity index (χ1v) is 7.42. The van der Waals surface area contributed by atoms with Crippen LogP contribution in [0.2, 0.25) is 5.02 Å². The molecule has 2 aromatic rings. The SMILES string of the molecule is CCNC(CC)c1cccc(-c2cc(F)c(F)cc2Cl)c1. The van der Waals surface area contributed by atoms with Gasteiger partial charge in [0.05, 0.1) is 5.02 Å². The van der Waals surface area contributed by atoms with E-state index in [0.717, 1.165) is 36.2 Å². The molecule has 0 amide bonds. The largest absolute Gasteiger partial charge is 0.310 e. The van der Waals surface area contributed by atoms with E-state index in [-0.39, 0.29) is 11.1 Å². The van der Waals surface area contributed by atoms with Crippen LogP contribution < -0.4 is 5.32 Å². The van der Waals surface area contributed by atoms with Crippen molar-refractivity contribution in [3.05, 3.63) is 58.6 Å². The number of benzene rings is 2. The Labute approximate surface area is 128 Å². The predicted octanol–water partition coefficient (Wildman–Crippen LogP) is 5.35. The molecule has 0 bridgehead atoms. The summed E-state index contributed by atoms with van der Waals surface area (Å²) in [6, 6.07) is 10.1. The molecule has 0 spiro atoms. The van der Waals surface area contributed by atoms with Gasteiger partial charge in [0.25, 0.3) is 0 Å². The molecule has 0 heterocycles. The van der Waals surface area contributed by atoms with Crippen molar-refractivity contribution in [3.63, 3.8) is 0 Å². The molecule has 0 saturated carbocycles. The minimum Gasteiger partial charge on any atom is -0.310 e. The Morgan fingerprint density at radius 1 is 1.10 bits per heavy atom. The van der Waals surface area contributed by atoms with Gasteiger partial charge in [0.2, 0.25) is 0 Å². The first-order chi connectivity index (χ1) is 10.1. The van der Waals surface area contributed by atoms with Crippen LogP contribution in [-0.2, 0) is 0 Å². The molecule has 1 nitrogen and oxygen atoms in total. The number of hydrogen-bond donors (Lipinski definition) is 1. The highest BCUT2D eigenvalue weighted by atomic mass is 35.5. The molecule has 0 radical (unpaired) electrons. The number of halogens is 3. The fourth-order valence-electron chi connectivity index (χ4n) is 2.41. The molecular formula is C17H18ClF2N. The molecule has 112 valence electrons. The molecule has 2 aromatic carbocycles. The van der Waals surface area contributed by atoms with E-state index in [0.29, 0.717) is 5.56 Å². The zero-order chi connectivity index (χ0) is 15.4. The molecule has 1 N–H and O–H groups in total. The third kappa shape index (κ3) is 3.60. The standard InChI is InChI=1S/C17H18ClF2N/c1-3-17(21-4-2)12-7-5-6-11(8-12)13-9-15(19)16(20)10-14(13)18/h5-10,17,21H,3-4H2,1-2H3. The lowest BCUT2D eigenvalue weighted by Crippen LogP contribution is -2.19. The molecular weight excluding hydrogens is 292 g/mol. The Morgan fingerprint density at radius 3 is 2.48 bits per heavy atom. The number of nitrogens with one attached hydrogen (secondary N) is 1. The minimum absolute atomic E-state index is 0.211. The van der Waals surface area contributed by atoms with E-state index in [4.69, 9.17) is 11.6 Å². The van der Waals surface area contributed by atoms with Gasteiger partial charge in [0.15, 0.2) is 11.6 Å². The Balaban J connectivity index is 2.44. The van der Waals surface area contributed by atoms with Crippen LogP contribution in [-0.4, -0.2) is 6.54 Å². The zero-order valence-corrected chi connectivity index (χ0v) is 12.8. The fraction of sp³-hybridized carbons (Fsp3) is 0.294. The monoisotopic (exact) mass is 309 g/mol. The van der Waals surface area contributed by atoms with Crippen molar-refractivity contribution in [2.45, 2.75) is 26.3 Å². The maximum absolute atomic E-state index is 13.4. The van der Waals surface area contributed by atoms with Crippen LogP contribution in [0.5, 0.6) is 0 Å². The summed E-state index contributed by atoms with van der Waals surface area (Å²) in [6.45, 7) is 5.03. The normalized spacial score (nSPS) is 12.4. The maximum atomic E-state index is 13.4. The van der Waals surface area contributed by atoms with Crippen LogP contribution in [0, 0.1) is 11.6 Å². The second kappa shape index (κ2) is 7.01. The second-order valence-corrected chi connectivity index (χ2v) is 5.30. The Kier molecular flexibility index (Phi) is 5.32. The molecule has 0 aliphatic rings. The summed E-state index contributed by atoms with van der Waals surface area (Å²) in [5.74, 6) is -1.82. The highest BCUT2D eigenvalue weighted by Gasteiger charge is 2.13. The van der Waals surface area contributed by atoms with E-state index < -0.39 is 11.6 Å². The van der Waals surface area contributed by atoms with Crippen LogP contribution in [0.15, 0.2) is 36.4 Å². The van der Waals surface area contributed by atoms with Crippen molar-refractivity contribution in [2.75, 3.05) is 6.54 Å². The second-order valence-electron chi connectivity index (χ2n) is 4.89. The highest BCUT2D eigenvalue weighted by Crippen LogP contribution is 2.31. The first kappa shape index (κ1) is 15.9. The fourth-order valence-corrected chi connectivity index (χ4v) is 2.67. The first-order valence-electron chi connectivity index (χ1n) is 7.05.